The number of ether oxygens (including phenoxy) is 7. The number of H-pyrrole nitrogens is 1. The number of fused-ring (bicyclic) bond motifs is 6. The van der Waals surface area contributed by atoms with Crippen molar-refractivity contribution in [2.45, 2.75) is 261 Å². The smallest absolute Gasteiger partial charge is 0.326 e. The Bertz CT molecular complexity index is 4910. The number of aliphatic hydroxyl groups excluding tert-OH is 1. The van der Waals surface area contributed by atoms with Crippen molar-refractivity contribution in [1.82, 2.24) is 61.5 Å². The topological polar surface area (TPSA) is 448 Å². The molecular weight excluding hydrogens is 1640 g/mol. The van der Waals surface area contributed by atoms with Gasteiger partial charge in [-0.15, -0.1) is 11.7 Å². The molecule has 125 heavy (non-hydrogen) atoms. The van der Waals surface area contributed by atoms with Gasteiger partial charge in [0.25, 0.3) is 11.5 Å². The number of hydrogen-bond donors (Lipinski definition) is 11. The maximum atomic E-state index is 14.3. The van der Waals surface area contributed by atoms with Gasteiger partial charge in [-0.3, -0.25) is 38.5 Å². The van der Waals surface area contributed by atoms with E-state index in [1.165, 1.54) is 39.9 Å². The number of nitrogens with zero attached hydrogens (tertiary/aromatic N) is 7. The van der Waals surface area contributed by atoms with E-state index in [-0.39, 0.29) is 164 Å². The molecule has 0 bridgehead atoms. The van der Waals surface area contributed by atoms with Gasteiger partial charge in [0.2, 0.25) is 35.5 Å². The average Bonchev–Trinajstić information content (AvgIpc) is 1.56. The average molecular weight is 1770 g/mol. The molecule has 22 atom stereocenters. The maximum absolute atomic E-state index is 14.3. The number of carboxylic acids is 1. The van der Waals surface area contributed by atoms with E-state index >= 15 is 0 Å². The van der Waals surface area contributed by atoms with Crippen LogP contribution >= 0.6 is 21.6 Å². The summed E-state index contributed by atoms with van der Waals surface area (Å²) >= 11 is 0. The Kier molecular flexibility index (Phi) is 30.4. The molecule has 0 radical (unpaired) electrons. The number of aliphatic carboxylic acids is 1. The largest absolute Gasteiger partial charge is 0.480 e. The van der Waals surface area contributed by atoms with E-state index < -0.39 is 101 Å². The van der Waals surface area contributed by atoms with Crippen molar-refractivity contribution in [3.05, 3.63) is 119 Å². The summed E-state index contributed by atoms with van der Waals surface area (Å²) in [5.74, 6) is -6.28. The Morgan fingerprint density at radius 3 is 2.31 bits per heavy atom. The number of benzene rings is 3. The second kappa shape index (κ2) is 40.5. The van der Waals surface area contributed by atoms with E-state index in [2.05, 4.69) is 110 Å². The third-order valence-corrected chi connectivity index (χ3v) is 29.1. The summed E-state index contributed by atoms with van der Waals surface area (Å²) in [7, 11) is 6.58. The predicted molar refractivity (Wildman–Crippen MR) is 472 cm³/mol. The fourth-order valence-corrected chi connectivity index (χ4v) is 21.8. The molecule has 13 rings (SSSR count). The van der Waals surface area contributed by atoms with E-state index in [1.54, 1.807) is 35.9 Å². The molecule has 7 aliphatic heterocycles. The first-order valence-corrected chi connectivity index (χ1v) is 46.4. The summed E-state index contributed by atoms with van der Waals surface area (Å²) < 4.78 is 50.1. The molecule has 6 aromatic rings. The van der Waals surface area contributed by atoms with Gasteiger partial charge in [-0.2, -0.15) is 4.98 Å². The molecule has 3 aromatic carbocycles. The monoisotopic (exact) mass is 1770 g/mol. The van der Waals surface area contributed by atoms with Crippen molar-refractivity contribution < 1.29 is 82.0 Å². The van der Waals surface area contributed by atoms with Crippen LogP contribution in [0.5, 0.6) is 0 Å². The fraction of sp³-hybridized carbons (Fsp3) is 0.611. The van der Waals surface area contributed by atoms with Crippen LogP contribution in [0.25, 0.3) is 33.7 Å². The predicted octanol–water partition coefficient (Wildman–Crippen LogP) is 8.84. The van der Waals surface area contributed by atoms with Crippen LogP contribution in [0.15, 0.2) is 96.4 Å². The van der Waals surface area contributed by atoms with Crippen molar-refractivity contribution in [3.8, 4) is 22.5 Å². The van der Waals surface area contributed by atoms with Crippen LogP contribution in [0.2, 0.25) is 0 Å². The number of nitrogens with one attached hydrogen (secondary N) is 7. The number of hydrogen-bond acceptors (Lipinski definition) is 26. The quantitative estimate of drug-likeness (QED) is 0.0100. The number of aromatic amines is 1. The van der Waals surface area contributed by atoms with E-state index in [4.69, 9.17) is 38.9 Å². The number of carbonyl (C=O) groups excluding carboxylic acids is 6. The first-order chi connectivity index (χ1) is 59.7. The highest BCUT2D eigenvalue weighted by Crippen LogP contribution is 2.58. The molecule has 678 valence electrons. The molecule has 0 aliphatic carbocycles. The van der Waals surface area contributed by atoms with Crippen molar-refractivity contribution in [2.24, 2.45) is 48.5 Å². The van der Waals surface area contributed by atoms with Gasteiger partial charge in [0, 0.05) is 117 Å². The van der Waals surface area contributed by atoms with Gasteiger partial charge in [0.1, 0.15) is 23.4 Å². The number of nitrogens with two attached hydrogens (primary N) is 1. The van der Waals surface area contributed by atoms with Crippen molar-refractivity contribution >= 4 is 91.5 Å². The molecule has 33 nitrogen and oxygen atoms in total. The SMILES string of the molecule is C=C[C@@]1([C@@H]2O[C@@H]([C@@H]3O[C@@](O)(CO)[C@H](C)C[C@@H]3C)C[C@@H]2C)CCC([C@@]2(C)C[C@@H](C)[C@@]3(O[C@H](C[C@H]4CC[C@H](C)C([C@@H](C)C(=O)NCCSSC[C@@H](C)NC(=O)C(CCCNC(=O)CCC(=O)N5Cc6ccccc6-c6nnn(C)c6-c6ccccc65)NC(=O)CC[C@H](NC(=O)c5ccc(NCc6cnc7nc(N)[nH]c(=O)c7n6)cc5)C(=O)O)O4)C[C@@H](OC)[C@H]3C)O2)O1. The second-order valence-corrected chi connectivity index (χ2v) is 38.3. The van der Waals surface area contributed by atoms with Crippen LogP contribution in [-0.4, -0.2) is 220 Å². The number of methoxy groups -OCH3 is 1. The maximum Gasteiger partial charge on any atom is 0.326 e. The van der Waals surface area contributed by atoms with Crippen LogP contribution in [-0.2, 0) is 82.1 Å². The zero-order chi connectivity index (χ0) is 89.4. The minimum absolute atomic E-state index is 0.0119. The van der Waals surface area contributed by atoms with Gasteiger partial charge in [-0.05, 0) is 132 Å². The zero-order valence-corrected chi connectivity index (χ0v) is 74.9. The Labute approximate surface area is 736 Å². The minimum Gasteiger partial charge on any atom is -0.480 e. The van der Waals surface area contributed by atoms with Gasteiger partial charge >= 0.3 is 5.97 Å². The molecule has 0 saturated carbocycles. The first-order valence-electron chi connectivity index (χ1n) is 43.9. The van der Waals surface area contributed by atoms with Crippen LogP contribution in [0.3, 0.4) is 0 Å². The number of carbonyl (C=O) groups is 7. The molecule has 3 unspecified atom stereocenters. The van der Waals surface area contributed by atoms with Crippen LogP contribution < -0.4 is 48.1 Å². The number of aliphatic hydroxyl groups is 2. The lowest BCUT2D eigenvalue weighted by Gasteiger charge is -2.50. The third-order valence-electron chi connectivity index (χ3n) is 26.6. The fourth-order valence-electron chi connectivity index (χ4n) is 19.6. The Hall–Kier alpha value is -9.01. The number of rotatable bonds is 35. The normalized spacial score (nSPS) is 29.8. The lowest BCUT2D eigenvalue weighted by Crippen LogP contribution is -2.58. The Balaban J connectivity index is 0.572. The van der Waals surface area contributed by atoms with Gasteiger partial charge in [-0.25, -0.2) is 19.4 Å². The Morgan fingerprint density at radius 2 is 1.56 bits per heavy atom. The van der Waals surface area contributed by atoms with Crippen LogP contribution in [0.1, 0.15) is 180 Å². The lowest BCUT2D eigenvalue weighted by atomic mass is 9.78. The van der Waals surface area contributed by atoms with Gasteiger partial charge in [0.15, 0.2) is 22.7 Å². The van der Waals surface area contributed by atoms with Gasteiger partial charge < -0.3 is 91.0 Å². The number of aryl methyl sites for hydroxylation is 1. The molecular formula is C90H123N15O18S2. The highest BCUT2D eigenvalue weighted by atomic mass is 33.1. The van der Waals surface area contributed by atoms with E-state index in [1.807, 2.05) is 75.4 Å². The van der Waals surface area contributed by atoms with Crippen LogP contribution in [0.4, 0.5) is 17.3 Å². The molecule has 7 aliphatic rings. The number of carboxylic acid groups (broad SMARTS) is 1. The minimum atomic E-state index is -1.63. The summed E-state index contributed by atoms with van der Waals surface area (Å²) in [6.45, 7) is 23.2. The number of para-hydroxylation sites is 1. The van der Waals surface area contributed by atoms with Crippen LogP contribution in [0, 0.1) is 41.4 Å². The number of aromatic nitrogens is 7. The molecule has 6 amide bonds. The highest BCUT2D eigenvalue weighted by molar-refractivity contribution is 8.76. The second-order valence-electron chi connectivity index (χ2n) is 35.7. The van der Waals surface area contributed by atoms with Crippen molar-refractivity contribution in [1.29, 1.82) is 0 Å². The number of anilines is 3. The molecule has 3 aromatic heterocycles. The summed E-state index contributed by atoms with van der Waals surface area (Å²) in [5, 5.41) is 57.9. The Morgan fingerprint density at radius 1 is 0.800 bits per heavy atom. The molecule has 1 spiro atoms. The summed E-state index contributed by atoms with van der Waals surface area (Å²) in [5.41, 5.74) is 9.37. The zero-order valence-electron chi connectivity index (χ0n) is 73.2. The summed E-state index contributed by atoms with van der Waals surface area (Å²) in [6, 6.07) is 18.3. The van der Waals surface area contributed by atoms with Gasteiger partial charge in [-0.1, -0.05) is 124 Å². The molecule has 6 saturated heterocycles. The molecule has 6 fully saturated rings. The molecule has 10 heterocycles. The third kappa shape index (κ3) is 21.2. The van der Waals surface area contributed by atoms with E-state index in [9.17, 15) is 53.7 Å². The number of amides is 6. The van der Waals surface area contributed by atoms with Crippen molar-refractivity contribution in [3.63, 3.8) is 0 Å². The van der Waals surface area contributed by atoms with Gasteiger partial charge in [0.05, 0.1) is 103 Å². The standard InChI is InChI=1S/C90H123N15O18S2/c1-13-88(79-51(4)40-69(119-79)78-50(3)39-52(5)89(116,48-106)122-78)35-34-70(121-88)87(10)43-53(6)90(123-87)56(9)68(117-12)42-62(120-90)41-61-29-24-49(2)77(118-61)55(8)81(110)93-37-38-124-125-47-54(7)96-83(112)65(22-18-36-92-71(107)32-33-73(109)105-46-58-19-14-15-20-63(58)74-76(104(11)103-102-74)64-21-16-17-23-67(64)105)98-72(108)31-30-66(85(114)115)99-82(111)57-25-27-59(28-26-57)94-44-60-45-95-80-75(97-60)84(113)101-86(91)100-80/h13-17,19-21,23,25-28,45,49-56,61-62,65-66,68-70,77-79,94,106,116H,1,18,22,24,29-44,46-48H2,2-12H3,(H,92,107)(H,93,110)(H,96,112)(H,98,108)(H,99,111)(H,114,115)(H3,91,95,100,101,113)/t49-,50-,51-,52+,53+,54+,55+,56+,61+,62+,65?,66-,68+,69+,70?,77?,78+,79+,87+,88-,89-,90+/m0/s1. The molecule has 35 heteroatoms. The van der Waals surface area contributed by atoms with E-state index in [0.29, 0.717) is 79.3 Å². The first kappa shape index (κ1) is 93.6. The summed E-state index contributed by atoms with van der Waals surface area (Å²) in [4.78, 5) is 125. The highest BCUT2D eigenvalue weighted by Gasteiger charge is 2.66. The van der Waals surface area contributed by atoms with Crippen molar-refractivity contribution in [2.75, 3.05) is 54.3 Å². The lowest BCUT2D eigenvalue weighted by molar-refractivity contribution is -0.352. The summed E-state index contributed by atoms with van der Waals surface area (Å²) in [6.07, 6.45) is 6.82. The molecule has 12 N–H and O–H groups in total. The number of nitrogen functional groups attached to an aromatic ring is 1. The van der Waals surface area contributed by atoms with E-state index in [0.717, 1.165) is 41.6 Å².